The van der Waals surface area contributed by atoms with Crippen LogP contribution in [-0.4, -0.2) is 13.1 Å². The maximum absolute atomic E-state index is 4.46. The Labute approximate surface area is 75.9 Å². The number of piperidine rings is 1. The molecule has 1 heteroatoms. The highest BCUT2D eigenvalue weighted by Crippen LogP contribution is 2.42. The first-order valence-corrected chi connectivity index (χ1v) is 5.55. The zero-order chi connectivity index (χ0) is 8.28. The van der Waals surface area contributed by atoms with Gasteiger partial charge in [-0.3, -0.25) is 0 Å². The van der Waals surface area contributed by atoms with Gasteiger partial charge in [0.25, 0.3) is 0 Å². The first-order chi connectivity index (χ1) is 5.91. The van der Waals surface area contributed by atoms with Crippen LogP contribution in [0.4, 0.5) is 0 Å². The molecule has 0 atom stereocenters. The van der Waals surface area contributed by atoms with Crippen LogP contribution in [0.2, 0.25) is 0 Å². The Hall–Kier alpha value is -0.0400. The second kappa shape index (κ2) is 3.78. The predicted octanol–water partition coefficient (Wildman–Crippen LogP) is 2.73. The third-order valence-electron chi connectivity index (χ3n) is 3.76. The quantitative estimate of drug-likeness (QED) is 0.525. The molecule has 1 radical (unpaired) electrons. The zero-order valence-corrected chi connectivity index (χ0v) is 8.02. The van der Waals surface area contributed by atoms with Crippen LogP contribution < -0.4 is 5.32 Å². The molecule has 2 aliphatic rings. The van der Waals surface area contributed by atoms with E-state index >= 15 is 0 Å². The molecular weight excluding hydrogens is 146 g/mol. The molecule has 0 aromatic heterocycles. The fourth-order valence-electron chi connectivity index (χ4n) is 2.85. The standard InChI is InChI=1S/C11H20N/c1-2-4-6-11(5-3-1)7-9-12-10-8-11/h1-10H2. The van der Waals surface area contributed by atoms with E-state index in [1.54, 1.807) is 0 Å². The average Bonchev–Trinajstić information content (AvgIpc) is 2.33. The summed E-state index contributed by atoms with van der Waals surface area (Å²) in [7, 11) is 0. The Bertz CT molecular complexity index is 126. The van der Waals surface area contributed by atoms with Crippen molar-refractivity contribution in [3.8, 4) is 0 Å². The van der Waals surface area contributed by atoms with E-state index < -0.39 is 0 Å². The fourth-order valence-corrected chi connectivity index (χ4v) is 2.85. The Kier molecular flexibility index (Phi) is 2.69. The lowest BCUT2D eigenvalue weighted by atomic mass is 9.73. The van der Waals surface area contributed by atoms with E-state index in [4.69, 9.17) is 0 Å². The summed E-state index contributed by atoms with van der Waals surface area (Å²) in [6.45, 7) is 2.31. The van der Waals surface area contributed by atoms with Crippen molar-refractivity contribution in [2.45, 2.75) is 51.4 Å². The number of hydrogen-bond donors (Lipinski definition) is 0. The molecule has 2 rings (SSSR count). The van der Waals surface area contributed by atoms with E-state index in [9.17, 15) is 0 Å². The molecule has 1 aliphatic heterocycles. The van der Waals surface area contributed by atoms with E-state index in [0.29, 0.717) is 0 Å². The van der Waals surface area contributed by atoms with Crippen LogP contribution >= 0.6 is 0 Å². The Morgan fingerprint density at radius 1 is 0.667 bits per heavy atom. The predicted molar refractivity (Wildman–Crippen MR) is 51.2 cm³/mol. The van der Waals surface area contributed by atoms with Crippen LogP contribution in [0.1, 0.15) is 51.4 Å². The van der Waals surface area contributed by atoms with Gasteiger partial charge in [-0.15, -0.1) is 0 Å². The second-order valence-electron chi connectivity index (χ2n) is 4.59. The molecule has 1 saturated carbocycles. The molecule has 12 heavy (non-hydrogen) atoms. The molecule has 0 aromatic carbocycles. The van der Waals surface area contributed by atoms with Crippen LogP contribution in [0.5, 0.6) is 0 Å². The SMILES string of the molecule is C1CCCC2(CC1)CC[N]CC2. The number of nitrogens with zero attached hydrogens (tertiary/aromatic N) is 1. The molecule has 0 aromatic rings. The third kappa shape index (κ3) is 1.82. The summed E-state index contributed by atoms with van der Waals surface area (Å²) < 4.78 is 0. The Balaban J connectivity index is 1.95. The van der Waals surface area contributed by atoms with Gasteiger partial charge in [-0.05, 0) is 31.1 Å². The van der Waals surface area contributed by atoms with Crippen molar-refractivity contribution in [3.63, 3.8) is 0 Å². The monoisotopic (exact) mass is 166 g/mol. The lowest BCUT2D eigenvalue weighted by Crippen LogP contribution is -2.32. The largest absolute Gasteiger partial charge is 0.242 e. The highest BCUT2D eigenvalue weighted by molar-refractivity contribution is 4.85. The van der Waals surface area contributed by atoms with Crippen molar-refractivity contribution in [2.24, 2.45) is 5.41 Å². The van der Waals surface area contributed by atoms with Gasteiger partial charge in [0.2, 0.25) is 0 Å². The van der Waals surface area contributed by atoms with Crippen molar-refractivity contribution in [1.29, 1.82) is 0 Å². The van der Waals surface area contributed by atoms with E-state index in [1.165, 1.54) is 51.4 Å². The summed E-state index contributed by atoms with van der Waals surface area (Å²) in [6, 6.07) is 0. The summed E-state index contributed by atoms with van der Waals surface area (Å²) in [4.78, 5) is 0. The normalized spacial score (nSPS) is 30.0. The number of rotatable bonds is 0. The molecule has 0 amide bonds. The molecule has 69 valence electrons. The number of hydrogen-bond acceptors (Lipinski definition) is 0. The molecule has 2 fully saturated rings. The third-order valence-corrected chi connectivity index (χ3v) is 3.76. The van der Waals surface area contributed by atoms with Gasteiger partial charge in [0, 0.05) is 13.1 Å². The van der Waals surface area contributed by atoms with Crippen molar-refractivity contribution in [2.75, 3.05) is 13.1 Å². The molecule has 0 unspecified atom stereocenters. The van der Waals surface area contributed by atoms with Gasteiger partial charge in [-0.25, -0.2) is 5.32 Å². The van der Waals surface area contributed by atoms with E-state index in [-0.39, 0.29) is 0 Å². The Morgan fingerprint density at radius 3 is 1.83 bits per heavy atom. The van der Waals surface area contributed by atoms with E-state index in [1.807, 2.05) is 0 Å². The van der Waals surface area contributed by atoms with Gasteiger partial charge in [0.15, 0.2) is 0 Å². The minimum atomic E-state index is 0.748. The van der Waals surface area contributed by atoms with Crippen LogP contribution in [0, 0.1) is 5.41 Å². The first kappa shape index (κ1) is 8.55. The summed E-state index contributed by atoms with van der Waals surface area (Å²) in [6.07, 6.45) is 11.7. The highest BCUT2D eigenvalue weighted by atomic mass is 14.9. The molecule has 1 aliphatic carbocycles. The molecule has 1 saturated heterocycles. The molecule has 0 bridgehead atoms. The minimum Gasteiger partial charge on any atom is -0.242 e. The first-order valence-electron chi connectivity index (χ1n) is 5.55. The van der Waals surface area contributed by atoms with Gasteiger partial charge in [0.05, 0.1) is 0 Å². The van der Waals surface area contributed by atoms with Gasteiger partial charge >= 0.3 is 0 Å². The maximum Gasteiger partial charge on any atom is 0.0138 e. The topological polar surface area (TPSA) is 14.1 Å². The summed E-state index contributed by atoms with van der Waals surface area (Å²) in [5.41, 5.74) is 0.748. The highest BCUT2D eigenvalue weighted by Gasteiger charge is 2.32. The zero-order valence-electron chi connectivity index (χ0n) is 8.02. The molecule has 1 heterocycles. The van der Waals surface area contributed by atoms with Gasteiger partial charge < -0.3 is 0 Å². The fraction of sp³-hybridized carbons (Fsp3) is 1.00. The lowest BCUT2D eigenvalue weighted by Gasteiger charge is -2.36. The van der Waals surface area contributed by atoms with Gasteiger partial charge in [0.1, 0.15) is 0 Å². The van der Waals surface area contributed by atoms with E-state index in [2.05, 4.69) is 5.32 Å². The molecule has 0 N–H and O–H groups in total. The van der Waals surface area contributed by atoms with Crippen LogP contribution in [0.25, 0.3) is 0 Å². The van der Waals surface area contributed by atoms with Crippen molar-refractivity contribution in [1.82, 2.24) is 5.32 Å². The Morgan fingerprint density at radius 2 is 1.25 bits per heavy atom. The maximum atomic E-state index is 4.46. The summed E-state index contributed by atoms with van der Waals surface area (Å²) in [5, 5.41) is 4.46. The molecule has 1 nitrogen and oxygen atoms in total. The summed E-state index contributed by atoms with van der Waals surface area (Å²) in [5.74, 6) is 0. The van der Waals surface area contributed by atoms with Crippen LogP contribution in [0.3, 0.4) is 0 Å². The smallest absolute Gasteiger partial charge is 0.0138 e. The van der Waals surface area contributed by atoms with Crippen molar-refractivity contribution >= 4 is 0 Å². The van der Waals surface area contributed by atoms with Gasteiger partial charge in [-0.1, -0.05) is 25.7 Å². The van der Waals surface area contributed by atoms with Crippen molar-refractivity contribution in [3.05, 3.63) is 0 Å². The average molecular weight is 166 g/mol. The van der Waals surface area contributed by atoms with Crippen molar-refractivity contribution < 1.29 is 0 Å². The summed E-state index contributed by atoms with van der Waals surface area (Å²) >= 11 is 0. The molecule has 1 spiro atoms. The lowest BCUT2D eigenvalue weighted by molar-refractivity contribution is 0.170. The molecular formula is C11H20N. The minimum absolute atomic E-state index is 0.748. The van der Waals surface area contributed by atoms with Crippen LogP contribution in [0.15, 0.2) is 0 Å². The van der Waals surface area contributed by atoms with Crippen LogP contribution in [-0.2, 0) is 0 Å². The van der Waals surface area contributed by atoms with Gasteiger partial charge in [-0.2, -0.15) is 0 Å². The second-order valence-corrected chi connectivity index (χ2v) is 4.59. The van der Waals surface area contributed by atoms with E-state index in [0.717, 1.165) is 18.5 Å².